The summed E-state index contributed by atoms with van der Waals surface area (Å²) in [7, 11) is 0. The molecule has 0 spiro atoms. The van der Waals surface area contributed by atoms with Crippen molar-refractivity contribution < 1.29 is 19.5 Å². The fourth-order valence-electron chi connectivity index (χ4n) is 4.97. The Labute approximate surface area is 238 Å². The molecule has 3 rings (SSSR count). The molecule has 0 saturated carbocycles. The first-order valence-electron chi connectivity index (χ1n) is 14.0. The number of nitrogens with one attached hydrogen (secondary N) is 2. The number of hydrogen-bond acceptors (Lipinski definition) is 3. The predicted molar refractivity (Wildman–Crippen MR) is 160 cm³/mol. The Balaban J connectivity index is 1.65. The van der Waals surface area contributed by atoms with Crippen molar-refractivity contribution in [3.8, 4) is 11.1 Å². The molecule has 0 heterocycles. The number of rotatable bonds is 12. The molecule has 2 amide bonds. The van der Waals surface area contributed by atoms with Gasteiger partial charge in [-0.3, -0.25) is 14.4 Å². The van der Waals surface area contributed by atoms with Crippen LogP contribution in [-0.2, 0) is 20.8 Å². The van der Waals surface area contributed by atoms with E-state index >= 15 is 0 Å². The lowest BCUT2D eigenvalue weighted by Gasteiger charge is -2.32. The summed E-state index contributed by atoms with van der Waals surface area (Å²) in [6.45, 7) is 9.65. The van der Waals surface area contributed by atoms with Gasteiger partial charge in [0.1, 0.15) is 6.04 Å². The van der Waals surface area contributed by atoms with E-state index in [0.717, 1.165) is 17.5 Å². The van der Waals surface area contributed by atoms with Gasteiger partial charge < -0.3 is 15.7 Å². The third-order valence-corrected chi connectivity index (χ3v) is 7.26. The topological polar surface area (TPSA) is 95.5 Å². The van der Waals surface area contributed by atoms with E-state index in [0.29, 0.717) is 12.8 Å². The summed E-state index contributed by atoms with van der Waals surface area (Å²) in [4.78, 5) is 38.2. The van der Waals surface area contributed by atoms with Gasteiger partial charge in [-0.2, -0.15) is 0 Å². The number of amides is 2. The van der Waals surface area contributed by atoms with Gasteiger partial charge in [0.15, 0.2) is 0 Å². The summed E-state index contributed by atoms with van der Waals surface area (Å²) in [5, 5.41) is 15.4. The van der Waals surface area contributed by atoms with Gasteiger partial charge in [0.25, 0.3) is 0 Å². The zero-order valence-corrected chi connectivity index (χ0v) is 24.2. The number of benzene rings is 3. The second-order valence-corrected chi connectivity index (χ2v) is 11.7. The van der Waals surface area contributed by atoms with Crippen LogP contribution in [0, 0.1) is 18.3 Å². The Hall–Kier alpha value is -3.93. The lowest BCUT2D eigenvalue weighted by atomic mass is 9.85. The van der Waals surface area contributed by atoms with Gasteiger partial charge >= 0.3 is 5.97 Å². The molecular weight excluding hydrogens is 500 g/mol. The molecule has 6 heteroatoms. The third kappa shape index (κ3) is 8.80. The van der Waals surface area contributed by atoms with Gasteiger partial charge in [-0.1, -0.05) is 99.6 Å². The number of aliphatic carboxylic acids is 1. The monoisotopic (exact) mass is 542 g/mol. The fourth-order valence-corrected chi connectivity index (χ4v) is 4.97. The van der Waals surface area contributed by atoms with Crippen molar-refractivity contribution in [2.45, 2.75) is 72.4 Å². The Kier molecular flexibility index (Phi) is 10.7. The quantitative estimate of drug-likeness (QED) is 0.244. The molecule has 0 bridgehead atoms. The zero-order valence-electron chi connectivity index (χ0n) is 24.2. The van der Waals surface area contributed by atoms with Crippen molar-refractivity contribution >= 4 is 17.8 Å². The van der Waals surface area contributed by atoms with Crippen LogP contribution in [0.1, 0.15) is 69.7 Å². The second-order valence-electron chi connectivity index (χ2n) is 11.7. The highest BCUT2D eigenvalue weighted by atomic mass is 16.4. The second kappa shape index (κ2) is 13.9. The Morgan fingerprint density at radius 1 is 0.850 bits per heavy atom. The average molecular weight is 543 g/mol. The average Bonchev–Trinajstić information content (AvgIpc) is 2.91. The molecule has 0 aromatic heterocycles. The lowest BCUT2D eigenvalue weighted by molar-refractivity contribution is -0.142. The maximum Gasteiger partial charge on any atom is 0.304 e. The van der Waals surface area contributed by atoms with Crippen LogP contribution in [0.3, 0.4) is 0 Å². The van der Waals surface area contributed by atoms with E-state index in [-0.39, 0.29) is 18.4 Å². The van der Waals surface area contributed by atoms with E-state index < -0.39 is 29.3 Å². The van der Waals surface area contributed by atoms with Gasteiger partial charge in [0, 0.05) is 5.92 Å². The highest BCUT2D eigenvalue weighted by Crippen LogP contribution is 2.26. The van der Waals surface area contributed by atoms with E-state index in [1.165, 1.54) is 16.7 Å². The summed E-state index contributed by atoms with van der Waals surface area (Å²) in [5.74, 6) is -2.45. The largest absolute Gasteiger partial charge is 0.481 e. The lowest BCUT2D eigenvalue weighted by Crippen LogP contribution is -2.55. The summed E-state index contributed by atoms with van der Waals surface area (Å²) < 4.78 is 0. The zero-order chi connectivity index (χ0) is 29.3. The minimum absolute atomic E-state index is 0.234. The van der Waals surface area contributed by atoms with Crippen LogP contribution in [0.5, 0.6) is 0 Å². The molecule has 0 fully saturated rings. The smallest absolute Gasteiger partial charge is 0.304 e. The molecule has 6 nitrogen and oxygen atoms in total. The van der Waals surface area contributed by atoms with Crippen LogP contribution in [0.4, 0.5) is 0 Å². The maximum absolute atomic E-state index is 13.3. The Morgan fingerprint density at radius 3 is 2.05 bits per heavy atom. The van der Waals surface area contributed by atoms with Gasteiger partial charge in [-0.15, -0.1) is 0 Å². The minimum Gasteiger partial charge on any atom is -0.481 e. The van der Waals surface area contributed by atoms with Crippen LogP contribution >= 0.6 is 0 Å². The molecule has 0 aliphatic carbocycles. The number of hydrogen-bond donors (Lipinski definition) is 3. The number of carboxylic acids is 1. The molecule has 40 heavy (non-hydrogen) atoms. The maximum atomic E-state index is 13.3. The molecule has 3 aromatic carbocycles. The minimum atomic E-state index is -1.03. The standard InChI is InChI=1S/C34H42N2O4/c1-23-21-25(19-20-29(23)27-16-10-7-11-17-27)13-12-18-28(22-30(37)38)32(39)36-31(34(3,4)5)33(40)35-24(2)26-14-8-6-9-15-26/h6-11,14-17,19-21,24,28,31H,12-13,18,22H2,1-5H3,(H,35,40)(H,36,39)(H,37,38). The first-order chi connectivity index (χ1) is 19.0. The molecule has 3 aromatic rings. The van der Waals surface area contributed by atoms with Crippen LogP contribution in [0.2, 0.25) is 0 Å². The van der Waals surface area contributed by atoms with Crippen LogP contribution < -0.4 is 10.6 Å². The first-order valence-corrected chi connectivity index (χ1v) is 14.0. The van der Waals surface area contributed by atoms with Gasteiger partial charge in [-0.05, 0) is 66.3 Å². The van der Waals surface area contributed by atoms with Crippen LogP contribution in [0.25, 0.3) is 11.1 Å². The normalized spacial score (nSPS) is 13.6. The van der Waals surface area contributed by atoms with E-state index in [1.54, 1.807) is 0 Å². The molecule has 0 aliphatic heterocycles. The van der Waals surface area contributed by atoms with Gasteiger partial charge in [0.2, 0.25) is 11.8 Å². The van der Waals surface area contributed by atoms with Crippen molar-refractivity contribution in [3.05, 3.63) is 95.6 Å². The number of carbonyl (C=O) groups is 3. The molecule has 3 N–H and O–H groups in total. The van der Waals surface area contributed by atoms with Gasteiger partial charge in [-0.25, -0.2) is 0 Å². The fraction of sp³-hybridized carbons (Fsp3) is 0.382. The van der Waals surface area contributed by atoms with E-state index in [4.69, 9.17) is 0 Å². The summed E-state index contributed by atoms with van der Waals surface area (Å²) in [6.07, 6.45) is 1.53. The van der Waals surface area contributed by atoms with Crippen molar-refractivity contribution in [2.24, 2.45) is 11.3 Å². The first kappa shape index (κ1) is 30.6. The van der Waals surface area contributed by atoms with E-state index in [2.05, 4.69) is 47.9 Å². The SMILES string of the molecule is Cc1cc(CCCC(CC(=O)O)C(=O)NC(C(=O)NC(C)c2ccccc2)C(C)(C)C)ccc1-c1ccccc1. The number of aryl methyl sites for hydroxylation is 2. The third-order valence-electron chi connectivity index (χ3n) is 7.26. The summed E-state index contributed by atoms with van der Waals surface area (Å²) in [5.41, 5.74) is 5.06. The molecule has 212 valence electrons. The predicted octanol–water partition coefficient (Wildman–Crippen LogP) is 6.48. The summed E-state index contributed by atoms with van der Waals surface area (Å²) >= 11 is 0. The molecular formula is C34H42N2O4. The summed E-state index contributed by atoms with van der Waals surface area (Å²) in [6, 6.07) is 25.2. The van der Waals surface area contributed by atoms with Crippen LogP contribution in [0.15, 0.2) is 78.9 Å². The molecule has 0 saturated heterocycles. The van der Waals surface area contributed by atoms with Gasteiger partial charge in [0.05, 0.1) is 12.5 Å². The van der Waals surface area contributed by atoms with E-state index in [9.17, 15) is 19.5 Å². The number of carboxylic acid groups (broad SMARTS) is 1. The Bertz CT molecular complexity index is 1280. The van der Waals surface area contributed by atoms with Crippen molar-refractivity contribution in [1.82, 2.24) is 10.6 Å². The number of carbonyl (C=O) groups excluding carboxylic acids is 2. The molecule has 0 aliphatic rings. The van der Waals surface area contributed by atoms with Crippen LogP contribution in [-0.4, -0.2) is 28.9 Å². The van der Waals surface area contributed by atoms with Crippen molar-refractivity contribution in [2.75, 3.05) is 0 Å². The Morgan fingerprint density at radius 2 is 1.48 bits per heavy atom. The van der Waals surface area contributed by atoms with Crippen molar-refractivity contribution in [1.29, 1.82) is 0 Å². The highest BCUT2D eigenvalue weighted by Gasteiger charge is 2.35. The molecule has 3 atom stereocenters. The highest BCUT2D eigenvalue weighted by molar-refractivity contribution is 5.90. The molecule has 3 unspecified atom stereocenters. The van der Waals surface area contributed by atoms with Crippen molar-refractivity contribution in [3.63, 3.8) is 0 Å². The van der Waals surface area contributed by atoms with E-state index in [1.807, 2.05) is 76.2 Å². The molecule has 0 radical (unpaired) electrons.